The number of rotatable bonds is 5. The van der Waals surface area contributed by atoms with Crippen molar-refractivity contribution in [3.63, 3.8) is 0 Å². The average molecular weight is 411 g/mol. The molecule has 1 fully saturated rings. The summed E-state index contributed by atoms with van der Waals surface area (Å²) in [7, 11) is -2.96. The Hall–Kier alpha value is -1.70. The maximum atomic E-state index is 12.0. The number of carbonyl (C=O) groups excluding carboxylic acids is 1. The van der Waals surface area contributed by atoms with Crippen LogP contribution in [0.2, 0.25) is 5.02 Å². The standard InChI is InChI=1S/C18H19ClN2O3S2/c1-12(20-21-18(22)10-13-8-9-26(23,24)11-13)16-6-7-17(25-16)14-2-4-15(19)5-3-14/h2-7,13H,8-11H2,1H3,(H,21,22)/b20-12-/t13-/m0/s1. The quantitative estimate of drug-likeness (QED) is 0.602. The minimum atomic E-state index is -2.96. The highest BCUT2D eigenvalue weighted by molar-refractivity contribution is 7.91. The summed E-state index contributed by atoms with van der Waals surface area (Å²) < 4.78 is 22.9. The van der Waals surface area contributed by atoms with Crippen molar-refractivity contribution < 1.29 is 13.2 Å². The Morgan fingerprint density at radius 1 is 1.27 bits per heavy atom. The molecule has 1 atom stereocenters. The van der Waals surface area contributed by atoms with Gasteiger partial charge in [0.25, 0.3) is 0 Å². The molecule has 0 unspecified atom stereocenters. The Morgan fingerprint density at radius 2 is 2.00 bits per heavy atom. The van der Waals surface area contributed by atoms with E-state index in [1.165, 1.54) is 0 Å². The molecular weight excluding hydrogens is 392 g/mol. The third-order valence-electron chi connectivity index (χ3n) is 4.24. The first kappa shape index (κ1) is 19.1. The van der Waals surface area contributed by atoms with Gasteiger partial charge in [0.1, 0.15) is 0 Å². The third-order valence-corrected chi connectivity index (χ3v) is 7.57. The summed E-state index contributed by atoms with van der Waals surface area (Å²) in [4.78, 5) is 14.0. The molecule has 26 heavy (non-hydrogen) atoms. The van der Waals surface area contributed by atoms with Crippen molar-refractivity contribution in [2.45, 2.75) is 19.8 Å². The van der Waals surface area contributed by atoms with Gasteiger partial charge in [0.2, 0.25) is 5.91 Å². The molecule has 8 heteroatoms. The van der Waals surface area contributed by atoms with Gasteiger partial charge in [-0.1, -0.05) is 23.7 Å². The van der Waals surface area contributed by atoms with E-state index in [9.17, 15) is 13.2 Å². The highest BCUT2D eigenvalue weighted by Gasteiger charge is 2.29. The number of amides is 1. The molecule has 0 bridgehead atoms. The lowest BCUT2D eigenvalue weighted by molar-refractivity contribution is -0.121. The van der Waals surface area contributed by atoms with Gasteiger partial charge in [-0.3, -0.25) is 4.79 Å². The van der Waals surface area contributed by atoms with E-state index >= 15 is 0 Å². The maximum absolute atomic E-state index is 12.0. The Balaban J connectivity index is 1.59. The number of hydrogen-bond donors (Lipinski definition) is 1. The summed E-state index contributed by atoms with van der Waals surface area (Å²) >= 11 is 7.49. The van der Waals surface area contributed by atoms with Crippen LogP contribution in [0.5, 0.6) is 0 Å². The van der Waals surface area contributed by atoms with Crippen molar-refractivity contribution in [3.8, 4) is 10.4 Å². The van der Waals surface area contributed by atoms with Crippen molar-refractivity contribution >= 4 is 44.4 Å². The molecule has 1 aliphatic rings. The van der Waals surface area contributed by atoms with Crippen LogP contribution in [0.15, 0.2) is 41.5 Å². The largest absolute Gasteiger partial charge is 0.273 e. The number of hydrogen-bond acceptors (Lipinski definition) is 5. The Labute approximate surface area is 162 Å². The van der Waals surface area contributed by atoms with Crippen molar-refractivity contribution in [2.75, 3.05) is 11.5 Å². The van der Waals surface area contributed by atoms with Gasteiger partial charge in [-0.05, 0) is 49.1 Å². The van der Waals surface area contributed by atoms with Crippen LogP contribution in [-0.2, 0) is 14.6 Å². The molecule has 2 heterocycles. The molecule has 0 spiro atoms. The lowest BCUT2D eigenvalue weighted by Gasteiger charge is -2.06. The third kappa shape index (κ3) is 4.93. The van der Waals surface area contributed by atoms with Gasteiger partial charge < -0.3 is 0 Å². The Kier molecular flexibility index (Phi) is 5.79. The van der Waals surface area contributed by atoms with E-state index in [2.05, 4.69) is 10.5 Å². The van der Waals surface area contributed by atoms with E-state index in [1.54, 1.807) is 11.3 Å². The van der Waals surface area contributed by atoms with Crippen LogP contribution in [0.1, 0.15) is 24.6 Å². The first-order chi connectivity index (χ1) is 12.3. The second-order valence-corrected chi connectivity index (χ2v) is 10.1. The fourth-order valence-electron chi connectivity index (χ4n) is 2.84. The van der Waals surface area contributed by atoms with Gasteiger partial charge in [-0.25, -0.2) is 13.8 Å². The van der Waals surface area contributed by atoms with Crippen molar-refractivity contribution in [2.24, 2.45) is 11.0 Å². The second kappa shape index (κ2) is 7.90. The number of benzene rings is 1. The van der Waals surface area contributed by atoms with Gasteiger partial charge in [-0.2, -0.15) is 5.10 Å². The summed E-state index contributed by atoms with van der Waals surface area (Å²) in [5.74, 6) is -0.0799. The highest BCUT2D eigenvalue weighted by Crippen LogP contribution is 2.29. The van der Waals surface area contributed by atoms with Crippen LogP contribution < -0.4 is 5.43 Å². The molecule has 1 aromatic carbocycles. The van der Waals surface area contributed by atoms with E-state index in [-0.39, 0.29) is 29.8 Å². The van der Waals surface area contributed by atoms with Gasteiger partial charge in [0.05, 0.1) is 22.1 Å². The summed E-state index contributed by atoms with van der Waals surface area (Å²) in [5.41, 5.74) is 4.32. The summed E-state index contributed by atoms with van der Waals surface area (Å²) in [5, 5.41) is 4.85. The van der Waals surface area contributed by atoms with Crippen molar-refractivity contribution in [1.82, 2.24) is 5.43 Å². The predicted octanol–water partition coefficient (Wildman–Crippen LogP) is 3.73. The van der Waals surface area contributed by atoms with Gasteiger partial charge in [-0.15, -0.1) is 11.3 Å². The first-order valence-corrected chi connectivity index (χ1v) is 11.2. The number of halogens is 1. The fraction of sp³-hybridized carbons (Fsp3) is 0.333. The topological polar surface area (TPSA) is 75.6 Å². The zero-order valence-corrected chi connectivity index (χ0v) is 16.6. The van der Waals surface area contributed by atoms with Crippen molar-refractivity contribution in [1.29, 1.82) is 0 Å². The molecule has 1 aliphatic heterocycles. The SMILES string of the molecule is C/C(=N/NC(=O)C[C@@H]1CCS(=O)(=O)C1)c1ccc(-c2ccc(Cl)cc2)s1. The average Bonchev–Trinajstić information content (AvgIpc) is 3.20. The number of thiophene rings is 1. The maximum Gasteiger partial charge on any atom is 0.240 e. The molecule has 1 amide bonds. The molecule has 1 aromatic heterocycles. The minimum absolute atomic E-state index is 0.0957. The monoisotopic (exact) mass is 410 g/mol. The summed E-state index contributed by atoms with van der Waals surface area (Å²) in [6.45, 7) is 1.83. The molecule has 2 aromatic rings. The zero-order valence-electron chi connectivity index (χ0n) is 14.2. The van der Waals surface area contributed by atoms with E-state index in [1.807, 2.05) is 43.3 Å². The van der Waals surface area contributed by atoms with Crippen LogP contribution >= 0.6 is 22.9 Å². The van der Waals surface area contributed by atoms with E-state index in [0.29, 0.717) is 17.2 Å². The minimum Gasteiger partial charge on any atom is -0.273 e. The Bertz CT molecular complexity index is 934. The molecule has 0 aliphatic carbocycles. The molecule has 1 N–H and O–H groups in total. The van der Waals surface area contributed by atoms with Gasteiger partial charge >= 0.3 is 0 Å². The van der Waals surface area contributed by atoms with Crippen LogP contribution in [-0.4, -0.2) is 31.5 Å². The zero-order chi connectivity index (χ0) is 18.7. The lowest BCUT2D eigenvalue weighted by Crippen LogP contribution is -2.22. The van der Waals surface area contributed by atoms with E-state index in [0.717, 1.165) is 15.3 Å². The van der Waals surface area contributed by atoms with E-state index < -0.39 is 9.84 Å². The smallest absolute Gasteiger partial charge is 0.240 e. The van der Waals surface area contributed by atoms with Crippen LogP contribution in [0, 0.1) is 5.92 Å². The number of sulfone groups is 1. The molecule has 1 saturated heterocycles. The van der Waals surface area contributed by atoms with Gasteiger partial charge in [0.15, 0.2) is 9.84 Å². The van der Waals surface area contributed by atoms with E-state index in [4.69, 9.17) is 11.6 Å². The number of nitrogens with one attached hydrogen (secondary N) is 1. The van der Waals surface area contributed by atoms with Crippen molar-refractivity contribution in [3.05, 3.63) is 46.3 Å². The number of nitrogens with zero attached hydrogens (tertiary/aromatic N) is 1. The normalized spacial score (nSPS) is 19.5. The predicted molar refractivity (Wildman–Crippen MR) is 106 cm³/mol. The number of carbonyl (C=O) groups is 1. The molecular formula is C18H19ClN2O3S2. The highest BCUT2D eigenvalue weighted by atomic mass is 35.5. The number of hydrazone groups is 1. The molecule has 138 valence electrons. The first-order valence-electron chi connectivity index (χ1n) is 8.22. The molecule has 5 nitrogen and oxygen atoms in total. The molecule has 3 rings (SSSR count). The van der Waals surface area contributed by atoms with Crippen LogP contribution in [0.25, 0.3) is 10.4 Å². The summed E-state index contributed by atoms with van der Waals surface area (Å²) in [6.07, 6.45) is 0.740. The molecule has 0 saturated carbocycles. The second-order valence-electron chi connectivity index (χ2n) is 6.38. The Morgan fingerprint density at radius 3 is 2.65 bits per heavy atom. The summed E-state index contributed by atoms with van der Waals surface area (Å²) in [6, 6.07) is 11.6. The van der Waals surface area contributed by atoms with Crippen LogP contribution in [0.4, 0.5) is 0 Å². The van der Waals surface area contributed by atoms with Crippen LogP contribution in [0.3, 0.4) is 0 Å². The fourth-order valence-corrected chi connectivity index (χ4v) is 5.79. The van der Waals surface area contributed by atoms with Gasteiger partial charge in [0, 0.05) is 16.3 Å². The lowest BCUT2D eigenvalue weighted by atomic mass is 10.1. The molecule has 0 radical (unpaired) electrons.